The molecule has 1 amide bonds. The number of sulfonamides is 1. The summed E-state index contributed by atoms with van der Waals surface area (Å²) in [6.45, 7) is 1.80. The van der Waals surface area contributed by atoms with E-state index in [4.69, 9.17) is 14.2 Å². The minimum atomic E-state index is -3.62. The lowest BCUT2D eigenvalue weighted by molar-refractivity contribution is 0.0486. The van der Waals surface area contributed by atoms with Crippen molar-refractivity contribution in [3.63, 3.8) is 0 Å². The largest absolute Gasteiger partial charge is 0.454 e. The highest BCUT2D eigenvalue weighted by Crippen LogP contribution is 2.40. The second-order valence-electron chi connectivity index (χ2n) is 7.96. The molecule has 31 heavy (non-hydrogen) atoms. The molecule has 0 atom stereocenters. The molecular formula is C22H26N2O6S. The quantitative estimate of drug-likeness (QED) is 0.731. The summed E-state index contributed by atoms with van der Waals surface area (Å²) < 4.78 is 42.4. The van der Waals surface area contributed by atoms with Gasteiger partial charge in [0.25, 0.3) is 5.91 Å². The monoisotopic (exact) mass is 446 g/mol. The molecule has 0 spiro atoms. The topological polar surface area (TPSA) is 94.2 Å². The van der Waals surface area contributed by atoms with Gasteiger partial charge >= 0.3 is 0 Å². The van der Waals surface area contributed by atoms with Crippen LogP contribution in [-0.4, -0.2) is 59.3 Å². The molecule has 0 saturated carbocycles. The van der Waals surface area contributed by atoms with Crippen molar-refractivity contribution in [2.45, 2.75) is 23.2 Å². The van der Waals surface area contributed by atoms with E-state index in [1.165, 1.54) is 26.2 Å². The summed E-state index contributed by atoms with van der Waals surface area (Å²) in [7, 11) is -0.697. The van der Waals surface area contributed by atoms with Gasteiger partial charge in [-0.05, 0) is 48.7 Å². The Morgan fingerprint density at radius 2 is 1.81 bits per heavy atom. The maximum Gasteiger partial charge on any atom is 0.251 e. The van der Waals surface area contributed by atoms with Crippen LogP contribution in [-0.2, 0) is 20.2 Å². The number of carbonyl (C=O) groups is 1. The van der Waals surface area contributed by atoms with Crippen LogP contribution in [0.1, 0.15) is 28.8 Å². The molecule has 2 aliphatic rings. The Morgan fingerprint density at radius 3 is 2.55 bits per heavy atom. The average Bonchev–Trinajstić information content (AvgIpc) is 3.26. The van der Waals surface area contributed by atoms with E-state index in [0.717, 1.165) is 22.7 Å². The maximum absolute atomic E-state index is 12.9. The van der Waals surface area contributed by atoms with E-state index < -0.39 is 10.0 Å². The van der Waals surface area contributed by atoms with Crippen molar-refractivity contribution in [2.75, 3.05) is 40.6 Å². The van der Waals surface area contributed by atoms with E-state index in [1.807, 2.05) is 18.2 Å². The van der Waals surface area contributed by atoms with Crippen LogP contribution in [0.2, 0.25) is 0 Å². The molecule has 1 fully saturated rings. The van der Waals surface area contributed by atoms with Crippen LogP contribution < -0.4 is 14.8 Å². The predicted molar refractivity (Wildman–Crippen MR) is 114 cm³/mol. The van der Waals surface area contributed by atoms with Crippen LogP contribution in [0.5, 0.6) is 11.5 Å². The smallest absolute Gasteiger partial charge is 0.251 e. The second-order valence-corrected chi connectivity index (χ2v) is 10.1. The highest BCUT2D eigenvalue weighted by atomic mass is 32.2. The Kier molecular flexibility index (Phi) is 5.92. The molecule has 0 bridgehead atoms. The molecule has 4 rings (SSSR count). The zero-order chi connectivity index (χ0) is 22.1. The molecule has 8 nitrogen and oxygen atoms in total. The van der Waals surface area contributed by atoms with Gasteiger partial charge in [0.1, 0.15) is 0 Å². The molecule has 1 N–H and O–H groups in total. The van der Waals surface area contributed by atoms with E-state index in [-0.39, 0.29) is 23.0 Å². The van der Waals surface area contributed by atoms with Gasteiger partial charge in [0.2, 0.25) is 16.8 Å². The fraction of sp³-hybridized carbons (Fsp3) is 0.409. The van der Waals surface area contributed by atoms with Crippen LogP contribution in [0.4, 0.5) is 0 Å². The Balaban J connectivity index is 1.55. The van der Waals surface area contributed by atoms with Gasteiger partial charge in [-0.2, -0.15) is 0 Å². The van der Waals surface area contributed by atoms with Gasteiger partial charge in [0, 0.05) is 44.8 Å². The second kappa shape index (κ2) is 8.49. The predicted octanol–water partition coefficient (Wildman–Crippen LogP) is 2.14. The lowest BCUT2D eigenvalue weighted by atomic mass is 9.74. The van der Waals surface area contributed by atoms with Crippen LogP contribution in [0.25, 0.3) is 0 Å². The van der Waals surface area contributed by atoms with Crippen LogP contribution in [0.15, 0.2) is 47.4 Å². The summed E-state index contributed by atoms with van der Waals surface area (Å²) in [6, 6.07) is 12.0. The number of fused-ring (bicyclic) bond motifs is 1. The van der Waals surface area contributed by atoms with E-state index in [0.29, 0.717) is 36.8 Å². The van der Waals surface area contributed by atoms with E-state index in [2.05, 4.69) is 5.32 Å². The number of carbonyl (C=O) groups excluding carboxylic acids is 1. The first-order valence-electron chi connectivity index (χ1n) is 10.1. The van der Waals surface area contributed by atoms with Crippen molar-refractivity contribution in [2.24, 2.45) is 0 Å². The number of benzene rings is 2. The standard InChI is InChI=1S/C22H26N2O6S/c1-24(2)31(26,27)18-5-3-4-16(12-18)21(25)23-14-22(8-10-28-11-9-22)17-6-7-19-20(13-17)30-15-29-19/h3-7,12-13H,8-11,14-15H2,1-2H3,(H,23,25). The van der Waals surface area contributed by atoms with Gasteiger partial charge in [-0.15, -0.1) is 0 Å². The fourth-order valence-electron chi connectivity index (χ4n) is 3.92. The molecule has 2 aliphatic heterocycles. The molecule has 2 aromatic carbocycles. The van der Waals surface area contributed by atoms with Crippen molar-refractivity contribution < 1.29 is 27.4 Å². The molecule has 1 saturated heterocycles. The third-order valence-electron chi connectivity index (χ3n) is 5.90. The Labute approximate surface area is 182 Å². The van der Waals surface area contributed by atoms with E-state index in [1.54, 1.807) is 12.1 Å². The SMILES string of the molecule is CN(C)S(=O)(=O)c1cccc(C(=O)NCC2(c3ccc4c(c3)OCO4)CCOCC2)c1. The average molecular weight is 447 g/mol. The first-order chi connectivity index (χ1) is 14.8. The van der Waals surface area contributed by atoms with Crippen LogP contribution in [0.3, 0.4) is 0 Å². The number of nitrogens with one attached hydrogen (secondary N) is 1. The molecular weight excluding hydrogens is 420 g/mol. The van der Waals surface area contributed by atoms with Crippen molar-refractivity contribution in [1.29, 1.82) is 0 Å². The van der Waals surface area contributed by atoms with Crippen molar-refractivity contribution >= 4 is 15.9 Å². The zero-order valence-electron chi connectivity index (χ0n) is 17.6. The number of amides is 1. The van der Waals surface area contributed by atoms with Gasteiger partial charge in [-0.1, -0.05) is 12.1 Å². The van der Waals surface area contributed by atoms with E-state index >= 15 is 0 Å². The number of hydrogen-bond acceptors (Lipinski definition) is 6. The summed E-state index contributed by atoms with van der Waals surface area (Å²) in [5.74, 6) is 1.10. The molecule has 2 heterocycles. The number of rotatable bonds is 6. The Hall–Kier alpha value is -2.62. The lowest BCUT2D eigenvalue weighted by Gasteiger charge is -2.38. The minimum absolute atomic E-state index is 0.0849. The lowest BCUT2D eigenvalue weighted by Crippen LogP contribution is -2.44. The highest BCUT2D eigenvalue weighted by molar-refractivity contribution is 7.89. The summed E-state index contributed by atoms with van der Waals surface area (Å²) in [4.78, 5) is 13.0. The van der Waals surface area contributed by atoms with Gasteiger partial charge in [0.05, 0.1) is 4.90 Å². The normalized spacial score (nSPS) is 17.5. The van der Waals surface area contributed by atoms with Gasteiger partial charge in [-0.3, -0.25) is 4.79 Å². The number of hydrogen-bond donors (Lipinski definition) is 1. The van der Waals surface area contributed by atoms with Gasteiger partial charge in [0.15, 0.2) is 11.5 Å². The maximum atomic E-state index is 12.9. The summed E-state index contributed by atoms with van der Waals surface area (Å²) in [5, 5.41) is 3.01. The molecule has 166 valence electrons. The van der Waals surface area contributed by atoms with E-state index in [9.17, 15) is 13.2 Å². The van der Waals surface area contributed by atoms with Gasteiger partial charge in [-0.25, -0.2) is 12.7 Å². The Bertz CT molecular complexity index is 1080. The third kappa shape index (κ3) is 4.26. The highest BCUT2D eigenvalue weighted by Gasteiger charge is 2.36. The molecule has 9 heteroatoms. The minimum Gasteiger partial charge on any atom is -0.454 e. The third-order valence-corrected chi connectivity index (χ3v) is 7.71. The summed E-state index contributed by atoms with van der Waals surface area (Å²) in [6.07, 6.45) is 1.50. The molecule has 0 unspecified atom stereocenters. The fourth-order valence-corrected chi connectivity index (χ4v) is 4.86. The zero-order valence-corrected chi connectivity index (χ0v) is 18.4. The first-order valence-corrected chi connectivity index (χ1v) is 11.5. The number of ether oxygens (including phenoxy) is 3. The summed E-state index contributed by atoms with van der Waals surface area (Å²) in [5.41, 5.74) is 1.06. The molecule has 0 aromatic heterocycles. The molecule has 0 aliphatic carbocycles. The first kappa shape index (κ1) is 21.6. The molecule has 0 radical (unpaired) electrons. The number of nitrogens with zero attached hydrogens (tertiary/aromatic N) is 1. The van der Waals surface area contributed by atoms with Crippen LogP contribution >= 0.6 is 0 Å². The summed E-state index contributed by atoms with van der Waals surface area (Å²) >= 11 is 0. The molecule has 2 aromatic rings. The van der Waals surface area contributed by atoms with Crippen molar-refractivity contribution in [3.05, 3.63) is 53.6 Å². The van der Waals surface area contributed by atoms with Crippen molar-refractivity contribution in [1.82, 2.24) is 9.62 Å². The van der Waals surface area contributed by atoms with Crippen molar-refractivity contribution in [3.8, 4) is 11.5 Å². The van der Waals surface area contributed by atoms with Crippen LogP contribution in [0, 0.1) is 0 Å². The van der Waals surface area contributed by atoms with Gasteiger partial charge < -0.3 is 19.5 Å². The Morgan fingerprint density at radius 1 is 1.06 bits per heavy atom.